The predicted octanol–water partition coefficient (Wildman–Crippen LogP) is 3.10. The predicted molar refractivity (Wildman–Crippen MR) is 81.0 cm³/mol. The second-order valence-electron chi connectivity index (χ2n) is 4.55. The molecule has 0 radical (unpaired) electrons. The van der Waals surface area contributed by atoms with Gasteiger partial charge in [0.1, 0.15) is 10.7 Å². The molecule has 7 heteroatoms. The molecule has 0 aromatic heterocycles. The van der Waals surface area contributed by atoms with Crippen LogP contribution in [0.15, 0.2) is 47.4 Å². The number of nitrogen functional groups attached to an aromatic ring is 1. The van der Waals surface area contributed by atoms with Crippen LogP contribution >= 0.6 is 11.6 Å². The van der Waals surface area contributed by atoms with Crippen LogP contribution in [0.2, 0.25) is 5.02 Å². The van der Waals surface area contributed by atoms with Crippen molar-refractivity contribution in [3.63, 3.8) is 0 Å². The summed E-state index contributed by atoms with van der Waals surface area (Å²) in [6.07, 6.45) is 0. The Morgan fingerprint density at radius 1 is 1.24 bits per heavy atom. The molecule has 0 aliphatic heterocycles. The maximum Gasteiger partial charge on any atom is 0.243 e. The molecule has 0 bridgehead atoms. The third-order valence-electron chi connectivity index (χ3n) is 2.97. The Hall–Kier alpha value is -1.63. The molecule has 0 amide bonds. The lowest BCUT2D eigenvalue weighted by atomic mass is 10.1. The van der Waals surface area contributed by atoms with Crippen molar-refractivity contribution in [2.24, 2.45) is 0 Å². The largest absolute Gasteiger partial charge is 0.398 e. The molecule has 2 rings (SSSR count). The van der Waals surface area contributed by atoms with Crippen molar-refractivity contribution in [3.8, 4) is 0 Å². The van der Waals surface area contributed by atoms with Crippen LogP contribution in [0.25, 0.3) is 0 Å². The van der Waals surface area contributed by atoms with E-state index in [9.17, 15) is 12.8 Å². The summed E-state index contributed by atoms with van der Waals surface area (Å²) < 4.78 is 40.1. The lowest BCUT2D eigenvalue weighted by Gasteiger charge is -2.16. The highest BCUT2D eigenvalue weighted by Crippen LogP contribution is 2.25. The van der Waals surface area contributed by atoms with Crippen LogP contribution in [-0.4, -0.2) is 8.42 Å². The van der Waals surface area contributed by atoms with Gasteiger partial charge in [0.25, 0.3) is 0 Å². The van der Waals surface area contributed by atoms with Gasteiger partial charge < -0.3 is 5.73 Å². The molecular formula is C14H14ClFN2O2S. The number of rotatable bonds is 4. The zero-order chi connectivity index (χ0) is 15.6. The normalized spacial score (nSPS) is 13.1. The molecule has 3 N–H and O–H groups in total. The van der Waals surface area contributed by atoms with Gasteiger partial charge in [-0.05, 0) is 36.8 Å². The molecule has 0 spiro atoms. The molecule has 0 saturated carbocycles. The molecule has 0 heterocycles. The van der Waals surface area contributed by atoms with Crippen molar-refractivity contribution in [1.29, 1.82) is 0 Å². The van der Waals surface area contributed by atoms with Gasteiger partial charge in [0.2, 0.25) is 10.0 Å². The van der Waals surface area contributed by atoms with E-state index >= 15 is 0 Å². The molecular weight excluding hydrogens is 315 g/mol. The molecule has 0 saturated heterocycles. The third-order valence-corrected chi connectivity index (χ3v) is 4.92. The van der Waals surface area contributed by atoms with E-state index in [1.165, 1.54) is 0 Å². The van der Waals surface area contributed by atoms with Crippen LogP contribution in [0.4, 0.5) is 10.1 Å². The average molecular weight is 329 g/mol. The number of anilines is 1. The Kier molecular flexibility index (Phi) is 4.51. The van der Waals surface area contributed by atoms with Crippen LogP contribution in [0.3, 0.4) is 0 Å². The van der Waals surface area contributed by atoms with Crippen molar-refractivity contribution >= 4 is 27.3 Å². The summed E-state index contributed by atoms with van der Waals surface area (Å²) in [5.74, 6) is -0.592. The third kappa shape index (κ3) is 3.53. The smallest absolute Gasteiger partial charge is 0.243 e. The van der Waals surface area contributed by atoms with Gasteiger partial charge >= 0.3 is 0 Å². The zero-order valence-corrected chi connectivity index (χ0v) is 12.7. The standard InChI is InChI=1S/C14H14ClFN2O2S/c1-9(11-4-2-3-5-12(11)15)18-21(19,20)14-7-6-10(16)8-13(14)17/h2-9,18H,17H2,1H3. The number of halogens is 2. The Labute approximate surface area is 127 Å². The van der Waals surface area contributed by atoms with Gasteiger partial charge in [-0.15, -0.1) is 0 Å². The summed E-state index contributed by atoms with van der Waals surface area (Å²) >= 11 is 6.04. The Morgan fingerprint density at radius 3 is 2.52 bits per heavy atom. The number of hydrogen-bond donors (Lipinski definition) is 2. The lowest BCUT2D eigenvalue weighted by Crippen LogP contribution is -2.27. The van der Waals surface area contributed by atoms with Crippen molar-refractivity contribution in [2.75, 3.05) is 5.73 Å². The number of nitrogens with one attached hydrogen (secondary N) is 1. The first-order valence-electron chi connectivity index (χ1n) is 6.13. The second kappa shape index (κ2) is 6.01. The molecule has 0 aliphatic carbocycles. The van der Waals surface area contributed by atoms with Gasteiger partial charge in [-0.3, -0.25) is 0 Å². The summed E-state index contributed by atoms with van der Waals surface area (Å²) in [6.45, 7) is 1.67. The van der Waals surface area contributed by atoms with Gasteiger partial charge in [-0.25, -0.2) is 17.5 Å². The maximum atomic E-state index is 13.0. The van der Waals surface area contributed by atoms with Crippen molar-refractivity contribution < 1.29 is 12.8 Å². The van der Waals surface area contributed by atoms with E-state index in [0.29, 0.717) is 10.6 Å². The average Bonchev–Trinajstić information content (AvgIpc) is 2.37. The summed E-state index contributed by atoms with van der Waals surface area (Å²) in [6, 6.07) is 9.51. The number of nitrogens with two attached hydrogens (primary N) is 1. The summed E-state index contributed by atoms with van der Waals surface area (Å²) in [7, 11) is -3.87. The highest BCUT2D eigenvalue weighted by atomic mass is 35.5. The van der Waals surface area contributed by atoms with E-state index in [1.54, 1.807) is 31.2 Å². The van der Waals surface area contributed by atoms with Crippen LogP contribution in [0, 0.1) is 5.82 Å². The molecule has 112 valence electrons. The van der Waals surface area contributed by atoms with E-state index in [-0.39, 0.29) is 10.6 Å². The second-order valence-corrected chi connectivity index (χ2v) is 6.64. The SMILES string of the molecule is CC(NS(=O)(=O)c1ccc(F)cc1N)c1ccccc1Cl. The summed E-state index contributed by atoms with van der Waals surface area (Å²) in [5, 5.41) is 0.458. The number of sulfonamides is 1. The van der Waals surface area contributed by atoms with Crippen molar-refractivity contribution in [2.45, 2.75) is 17.9 Å². The fourth-order valence-corrected chi connectivity index (χ4v) is 3.59. The Balaban J connectivity index is 2.31. The first-order chi connectivity index (χ1) is 9.81. The van der Waals surface area contributed by atoms with E-state index in [0.717, 1.165) is 18.2 Å². The molecule has 0 aliphatic rings. The van der Waals surface area contributed by atoms with Gasteiger partial charge in [0, 0.05) is 11.1 Å². The molecule has 2 aromatic carbocycles. The molecule has 1 unspecified atom stereocenters. The Morgan fingerprint density at radius 2 is 1.90 bits per heavy atom. The quantitative estimate of drug-likeness (QED) is 0.847. The Bertz CT molecular complexity index is 765. The van der Waals surface area contributed by atoms with Gasteiger partial charge in [-0.2, -0.15) is 0 Å². The molecule has 4 nitrogen and oxygen atoms in total. The first kappa shape index (κ1) is 15.8. The fraction of sp³-hybridized carbons (Fsp3) is 0.143. The number of hydrogen-bond acceptors (Lipinski definition) is 3. The summed E-state index contributed by atoms with van der Waals surface area (Å²) in [4.78, 5) is -0.164. The van der Waals surface area contributed by atoms with Crippen LogP contribution in [-0.2, 0) is 10.0 Å². The molecule has 1 atom stereocenters. The highest BCUT2D eigenvalue weighted by molar-refractivity contribution is 7.89. The van der Waals surface area contributed by atoms with E-state index in [1.807, 2.05) is 0 Å². The fourth-order valence-electron chi connectivity index (χ4n) is 1.95. The molecule has 0 fully saturated rings. The van der Waals surface area contributed by atoms with Crippen molar-refractivity contribution in [3.05, 3.63) is 58.9 Å². The molecule has 2 aromatic rings. The van der Waals surface area contributed by atoms with Crippen LogP contribution in [0.5, 0.6) is 0 Å². The van der Waals surface area contributed by atoms with Gasteiger partial charge in [-0.1, -0.05) is 29.8 Å². The minimum absolute atomic E-state index is 0.145. The van der Waals surface area contributed by atoms with Gasteiger partial charge in [0.15, 0.2) is 0 Å². The highest BCUT2D eigenvalue weighted by Gasteiger charge is 2.22. The maximum absolute atomic E-state index is 13.0. The molecule has 21 heavy (non-hydrogen) atoms. The van der Waals surface area contributed by atoms with Crippen LogP contribution in [0.1, 0.15) is 18.5 Å². The van der Waals surface area contributed by atoms with E-state index < -0.39 is 21.9 Å². The van der Waals surface area contributed by atoms with Crippen molar-refractivity contribution in [1.82, 2.24) is 4.72 Å². The zero-order valence-electron chi connectivity index (χ0n) is 11.2. The topological polar surface area (TPSA) is 72.2 Å². The monoisotopic (exact) mass is 328 g/mol. The number of benzene rings is 2. The van der Waals surface area contributed by atoms with Crippen LogP contribution < -0.4 is 10.5 Å². The lowest BCUT2D eigenvalue weighted by molar-refractivity contribution is 0.567. The van der Waals surface area contributed by atoms with E-state index in [4.69, 9.17) is 17.3 Å². The minimum atomic E-state index is -3.87. The minimum Gasteiger partial charge on any atom is -0.398 e. The summed E-state index contributed by atoms with van der Waals surface area (Å²) in [5.41, 5.74) is 6.06. The van der Waals surface area contributed by atoms with E-state index in [2.05, 4.69) is 4.72 Å². The van der Waals surface area contributed by atoms with Gasteiger partial charge in [0.05, 0.1) is 5.69 Å². The first-order valence-corrected chi connectivity index (χ1v) is 7.99.